The highest BCUT2D eigenvalue weighted by Gasteiger charge is 2.25. The maximum absolute atomic E-state index is 12.2. The van der Waals surface area contributed by atoms with Gasteiger partial charge in [0.15, 0.2) is 0 Å². The number of nitrogens with zero attached hydrogens (tertiary/aromatic N) is 4. The second-order valence-corrected chi connectivity index (χ2v) is 5.55. The average Bonchev–Trinajstić information content (AvgIpc) is 2.84. The monoisotopic (exact) mass is 279 g/mol. The lowest BCUT2D eigenvalue weighted by molar-refractivity contribution is -0.133. The first-order chi connectivity index (χ1) is 9.60. The van der Waals surface area contributed by atoms with Crippen molar-refractivity contribution >= 4 is 11.6 Å². The van der Waals surface area contributed by atoms with E-state index in [4.69, 9.17) is 5.73 Å². The number of hydrogen-bond acceptors (Lipinski definition) is 4. The molecule has 1 fully saturated rings. The standard InChI is InChI=1S/C14H25N5O/c1-3-6-18-7-4-13(5-8-18)17(2)14(20)11-19-10-12(15)9-16-19/h9-10,13H,3-8,11,15H2,1-2H3. The van der Waals surface area contributed by atoms with Crippen molar-refractivity contribution in [2.24, 2.45) is 0 Å². The fourth-order valence-corrected chi connectivity index (χ4v) is 2.77. The maximum atomic E-state index is 12.2. The number of carbonyl (C=O) groups is 1. The van der Waals surface area contributed by atoms with Gasteiger partial charge in [-0.3, -0.25) is 9.48 Å². The molecular weight excluding hydrogens is 254 g/mol. The molecule has 0 bridgehead atoms. The predicted molar refractivity (Wildman–Crippen MR) is 79.2 cm³/mol. The van der Waals surface area contributed by atoms with E-state index in [0.29, 0.717) is 11.7 Å². The zero-order chi connectivity index (χ0) is 14.5. The van der Waals surface area contributed by atoms with E-state index in [2.05, 4.69) is 16.9 Å². The van der Waals surface area contributed by atoms with Crippen molar-refractivity contribution in [3.63, 3.8) is 0 Å². The molecule has 0 spiro atoms. The molecule has 2 rings (SSSR count). The number of anilines is 1. The molecule has 0 unspecified atom stereocenters. The number of carbonyl (C=O) groups excluding carboxylic acids is 1. The van der Waals surface area contributed by atoms with Gasteiger partial charge < -0.3 is 15.5 Å². The summed E-state index contributed by atoms with van der Waals surface area (Å²) in [5, 5.41) is 4.06. The Morgan fingerprint density at radius 3 is 2.75 bits per heavy atom. The van der Waals surface area contributed by atoms with Crippen LogP contribution in [0.4, 0.5) is 5.69 Å². The molecule has 1 amide bonds. The molecule has 0 radical (unpaired) electrons. The van der Waals surface area contributed by atoms with Crippen LogP contribution >= 0.6 is 0 Å². The first-order valence-electron chi connectivity index (χ1n) is 7.36. The smallest absolute Gasteiger partial charge is 0.244 e. The summed E-state index contributed by atoms with van der Waals surface area (Å²) < 4.78 is 1.60. The number of likely N-dealkylation sites (N-methyl/N-ethyl adjacent to an activating group) is 1. The molecule has 2 N–H and O–H groups in total. The van der Waals surface area contributed by atoms with Gasteiger partial charge in [0.25, 0.3) is 0 Å². The van der Waals surface area contributed by atoms with Crippen LogP contribution in [0.3, 0.4) is 0 Å². The van der Waals surface area contributed by atoms with Crippen LogP contribution in [0.2, 0.25) is 0 Å². The van der Waals surface area contributed by atoms with Gasteiger partial charge in [-0.05, 0) is 25.8 Å². The molecule has 6 nitrogen and oxygen atoms in total. The van der Waals surface area contributed by atoms with Crippen molar-refractivity contribution in [1.29, 1.82) is 0 Å². The Morgan fingerprint density at radius 1 is 1.50 bits per heavy atom. The molecular formula is C14H25N5O. The molecule has 1 aromatic rings. The Morgan fingerprint density at radius 2 is 2.20 bits per heavy atom. The van der Waals surface area contributed by atoms with Crippen LogP contribution in [0.15, 0.2) is 12.4 Å². The van der Waals surface area contributed by atoms with Crippen molar-refractivity contribution in [3.05, 3.63) is 12.4 Å². The minimum atomic E-state index is 0.0991. The van der Waals surface area contributed by atoms with Crippen LogP contribution in [0.1, 0.15) is 26.2 Å². The van der Waals surface area contributed by atoms with E-state index in [1.54, 1.807) is 17.1 Å². The van der Waals surface area contributed by atoms with Gasteiger partial charge >= 0.3 is 0 Å². The molecule has 1 saturated heterocycles. The highest BCUT2D eigenvalue weighted by molar-refractivity contribution is 5.76. The van der Waals surface area contributed by atoms with Gasteiger partial charge in [0.05, 0.1) is 11.9 Å². The molecule has 6 heteroatoms. The molecule has 0 aromatic carbocycles. The van der Waals surface area contributed by atoms with Crippen molar-refractivity contribution in [2.75, 3.05) is 32.4 Å². The fourth-order valence-electron chi connectivity index (χ4n) is 2.77. The normalized spacial score (nSPS) is 17.3. The second-order valence-electron chi connectivity index (χ2n) is 5.55. The lowest BCUT2D eigenvalue weighted by Crippen LogP contribution is -2.46. The molecule has 0 saturated carbocycles. The van der Waals surface area contributed by atoms with E-state index >= 15 is 0 Å². The summed E-state index contributed by atoms with van der Waals surface area (Å²) in [6.07, 6.45) is 6.57. The van der Waals surface area contributed by atoms with Gasteiger partial charge in [-0.25, -0.2) is 0 Å². The predicted octanol–water partition coefficient (Wildman–Crippen LogP) is 0.798. The van der Waals surface area contributed by atoms with Gasteiger partial charge in [-0.1, -0.05) is 6.92 Å². The van der Waals surface area contributed by atoms with Gasteiger partial charge in [0, 0.05) is 32.4 Å². The number of amides is 1. The zero-order valence-corrected chi connectivity index (χ0v) is 12.5. The molecule has 1 aromatic heterocycles. The number of rotatable bonds is 5. The summed E-state index contributed by atoms with van der Waals surface area (Å²) in [5.74, 6) is 0.0991. The summed E-state index contributed by atoms with van der Waals surface area (Å²) in [4.78, 5) is 16.6. The van der Waals surface area contributed by atoms with Crippen molar-refractivity contribution < 1.29 is 4.79 Å². The molecule has 112 valence electrons. The second kappa shape index (κ2) is 6.74. The highest BCUT2D eigenvalue weighted by atomic mass is 16.2. The number of nitrogens with two attached hydrogens (primary N) is 1. The quantitative estimate of drug-likeness (QED) is 0.865. The summed E-state index contributed by atoms with van der Waals surface area (Å²) in [6, 6.07) is 0.350. The van der Waals surface area contributed by atoms with E-state index in [0.717, 1.165) is 32.5 Å². The van der Waals surface area contributed by atoms with E-state index in [1.165, 1.54) is 6.42 Å². The molecule has 20 heavy (non-hydrogen) atoms. The van der Waals surface area contributed by atoms with E-state index in [-0.39, 0.29) is 12.5 Å². The van der Waals surface area contributed by atoms with Gasteiger partial charge in [-0.15, -0.1) is 0 Å². The molecule has 0 aliphatic carbocycles. The van der Waals surface area contributed by atoms with Crippen LogP contribution in [0.5, 0.6) is 0 Å². The first-order valence-corrected chi connectivity index (χ1v) is 7.36. The molecule has 0 atom stereocenters. The third kappa shape index (κ3) is 3.72. The number of aromatic nitrogens is 2. The summed E-state index contributed by atoms with van der Waals surface area (Å²) in [6.45, 7) is 5.81. The van der Waals surface area contributed by atoms with E-state index in [9.17, 15) is 4.79 Å². The third-order valence-corrected chi connectivity index (χ3v) is 3.99. The lowest BCUT2D eigenvalue weighted by atomic mass is 10.0. The summed E-state index contributed by atoms with van der Waals surface area (Å²) >= 11 is 0. The van der Waals surface area contributed by atoms with E-state index in [1.807, 2.05) is 11.9 Å². The first kappa shape index (κ1) is 14.8. The summed E-state index contributed by atoms with van der Waals surface area (Å²) in [7, 11) is 1.90. The lowest BCUT2D eigenvalue weighted by Gasteiger charge is -2.36. The highest BCUT2D eigenvalue weighted by Crippen LogP contribution is 2.16. The van der Waals surface area contributed by atoms with E-state index < -0.39 is 0 Å². The Hall–Kier alpha value is -1.56. The van der Waals surface area contributed by atoms with Crippen molar-refractivity contribution in [2.45, 2.75) is 38.8 Å². The van der Waals surface area contributed by atoms with Gasteiger partial charge in [0.2, 0.25) is 5.91 Å². The SMILES string of the molecule is CCCN1CCC(N(C)C(=O)Cn2cc(N)cn2)CC1. The van der Waals surface area contributed by atoms with Crippen molar-refractivity contribution in [3.8, 4) is 0 Å². The Bertz CT molecular complexity index is 437. The van der Waals surface area contributed by atoms with Crippen molar-refractivity contribution in [1.82, 2.24) is 19.6 Å². The van der Waals surface area contributed by atoms with Crippen LogP contribution in [-0.2, 0) is 11.3 Å². The molecule has 1 aliphatic rings. The Balaban J connectivity index is 1.82. The van der Waals surface area contributed by atoms with Crippen LogP contribution < -0.4 is 5.73 Å². The maximum Gasteiger partial charge on any atom is 0.244 e. The van der Waals surface area contributed by atoms with Crippen LogP contribution in [-0.4, -0.2) is 58.2 Å². The van der Waals surface area contributed by atoms with Crippen LogP contribution in [0.25, 0.3) is 0 Å². The number of nitrogen functional groups attached to an aromatic ring is 1. The summed E-state index contributed by atoms with van der Waals surface area (Å²) in [5.41, 5.74) is 6.19. The Labute approximate surface area is 120 Å². The topological polar surface area (TPSA) is 67.4 Å². The number of likely N-dealkylation sites (tertiary alicyclic amines) is 1. The fraction of sp³-hybridized carbons (Fsp3) is 0.714. The molecule has 2 heterocycles. The average molecular weight is 279 g/mol. The number of piperidine rings is 1. The number of hydrogen-bond donors (Lipinski definition) is 1. The zero-order valence-electron chi connectivity index (χ0n) is 12.5. The third-order valence-electron chi connectivity index (χ3n) is 3.99. The minimum absolute atomic E-state index is 0.0991. The van der Waals surface area contributed by atoms with Gasteiger partial charge in [-0.2, -0.15) is 5.10 Å². The van der Waals surface area contributed by atoms with Gasteiger partial charge in [0.1, 0.15) is 6.54 Å². The largest absolute Gasteiger partial charge is 0.396 e. The minimum Gasteiger partial charge on any atom is -0.396 e. The molecule has 1 aliphatic heterocycles. The Kier molecular flexibility index (Phi) is 5.00. The van der Waals surface area contributed by atoms with Crippen LogP contribution in [0, 0.1) is 0 Å².